The minimum atomic E-state index is 0.425. The van der Waals surface area contributed by atoms with Gasteiger partial charge in [-0.15, -0.1) is 0 Å². The summed E-state index contributed by atoms with van der Waals surface area (Å²) in [6.07, 6.45) is 4.86. The van der Waals surface area contributed by atoms with Gasteiger partial charge in [0.05, 0.1) is 0 Å². The number of anilines is 1. The predicted molar refractivity (Wildman–Crippen MR) is 108 cm³/mol. The van der Waals surface area contributed by atoms with Crippen molar-refractivity contribution in [3.63, 3.8) is 0 Å². The van der Waals surface area contributed by atoms with E-state index in [2.05, 4.69) is 35.3 Å². The largest absolute Gasteiger partial charge is 0.361 e. The third kappa shape index (κ3) is 8.93. The average Bonchev–Trinajstić information content (AvgIpc) is 2.53. The van der Waals surface area contributed by atoms with Crippen molar-refractivity contribution in [3.05, 3.63) is 29.3 Å². The summed E-state index contributed by atoms with van der Waals surface area (Å²) in [6.45, 7) is 5.30. The van der Waals surface area contributed by atoms with Crippen LogP contribution in [0.1, 0.15) is 39.5 Å². The molecular formula is C16H25ClN4S2. The Hall–Kier alpha value is -1.11. The van der Waals surface area contributed by atoms with Crippen LogP contribution in [0, 0.1) is 5.92 Å². The lowest BCUT2D eigenvalue weighted by Crippen LogP contribution is -2.49. The van der Waals surface area contributed by atoms with Crippen LogP contribution in [0.5, 0.6) is 0 Å². The van der Waals surface area contributed by atoms with Crippen LogP contribution >= 0.6 is 36.0 Å². The van der Waals surface area contributed by atoms with Crippen molar-refractivity contribution in [2.45, 2.75) is 39.5 Å². The first-order valence-corrected chi connectivity index (χ1v) is 9.11. The first-order valence-electron chi connectivity index (χ1n) is 7.91. The van der Waals surface area contributed by atoms with E-state index in [1.165, 1.54) is 19.3 Å². The van der Waals surface area contributed by atoms with Crippen molar-refractivity contribution in [1.82, 2.24) is 16.2 Å². The Kier molecular flexibility index (Phi) is 9.91. The highest BCUT2D eigenvalue weighted by molar-refractivity contribution is 7.80. The van der Waals surface area contributed by atoms with Gasteiger partial charge >= 0.3 is 0 Å². The van der Waals surface area contributed by atoms with Gasteiger partial charge in [0.1, 0.15) is 0 Å². The molecule has 1 aromatic carbocycles. The molecule has 23 heavy (non-hydrogen) atoms. The first-order chi connectivity index (χ1) is 11.0. The zero-order valence-electron chi connectivity index (χ0n) is 13.6. The molecule has 0 fully saturated rings. The molecule has 7 heteroatoms. The second-order valence-corrected chi connectivity index (χ2v) is 6.59. The van der Waals surface area contributed by atoms with E-state index in [9.17, 15) is 0 Å². The Balaban J connectivity index is 2.25. The van der Waals surface area contributed by atoms with Gasteiger partial charge in [-0.1, -0.05) is 50.8 Å². The molecule has 0 radical (unpaired) electrons. The fraction of sp³-hybridized carbons (Fsp3) is 0.500. The summed E-state index contributed by atoms with van der Waals surface area (Å²) in [7, 11) is 0. The number of halogens is 1. The van der Waals surface area contributed by atoms with Gasteiger partial charge in [0, 0.05) is 17.3 Å². The number of hydrazine groups is 1. The summed E-state index contributed by atoms with van der Waals surface area (Å²) in [5.74, 6) is 0.645. The van der Waals surface area contributed by atoms with E-state index in [-0.39, 0.29) is 0 Å². The standard InChI is InChI=1S/C16H25ClN4S2/c1-3-5-7-12(4-2)11-18-15(22)20-21-16(23)19-14-9-6-8-13(17)10-14/h6,8-10,12H,3-5,7,11H2,1-2H3,(H2,18,20,22)(H2,19,21,23)/t12-/m1/s1. The van der Waals surface area contributed by atoms with Crippen LogP contribution in [0.25, 0.3) is 0 Å². The lowest BCUT2D eigenvalue weighted by atomic mass is 9.99. The van der Waals surface area contributed by atoms with E-state index in [4.69, 9.17) is 36.0 Å². The Morgan fingerprint density at radius 2 is 1.91 bits per heavy atom. The fourth-order valence-electron chi connectivity index (χ4n) is 2.07. The molecule has 128 valence electrons. The smallest absolute Gasteiger partial charge is 0.189 e. The van der Waals surface area contributed by atoms with Gasteiger partial charge in [0.2, 0.25) is 0 Å². The van der Waals surface area contributed by atoms with Crippen LogP contribution in [0.2, 0.25) is 5.02 Å². The van der Waals surface area contributed by atoms with Crippen LogP contribution in [0.15, 0.2) is 24.3 Å². The summed E-state index contributed by atoms with van der Waals surface area (Å²) >= 11 is 16.4. The van der Waals surface area contributed by atoms with Crippen molar-refractivity contribution in [2.24, 2.45) is 5.92 Å². The molecule has 0 saturated carbocycles. The molecule has 1 atom stereocenters. The Morgan fingerprint density at radius 1 is 1.17 bits per heavy atom. The molecule has 0 spiro atoms. The van der Waals surface area contributed by atoms with E-state index in [1.807, 2.05) is 18.2 Å². The quantitative estimate of drug-likeness (QED) is 0.424. The average molecular weight is 373 g/mol. The molecule has 4 N–H and O–H groups in total. The van der Waals surface area contributed by atoms with Crippen LogP contribution in [0.3, 0.4) is 0 Å². The van der Waals surface area contributed by atoms with Gasteiger partial charge in [-0.2, -0.15) is 0 Å². The van der Waals surface area contributed by atoms with Crippen molar-refractivity contribution in [3.8, 4) is 0 Å². The molecule has 0 bridgehead atoms. The van der Waals surface area contributed by atoms with E-state index < -0.39 is 0 Å². The maximum atomic E-state index is 5.93. The van der Waals surface area contributed by atoms with E-state index in [0.717, 1.165) is 18.7 Å². The van der Waals surface area contributed by atoms with Crippen LogP contribution in [0.4, 0.5) is 5.69 Å². The zero-order valence-corrected chi connectivity index (χ0v) is 16.0. The van der Waals surface area contributed by atoms with E-state index in [1.54, 1.807) is 6.07 Å². The van der Waals surface area contributed by atoms with Crippen LogP contribution < -0.4 is 21.5 Å². The molecule has 0 heterocycles. The summed E-state index contributed by atoms with van der Waals surface area (Å²) in [5.41, 5.74) is 6.57. The molecule has 0 unspecified atom stereocenters. The first kappa shape index (κ1) is 19.9. The molecule has 0 aliphatic carbocycles. The number of thiocarbonyl (C=S) groups is 2. The third-order valence-electron chi connectivity index (χ3n) is 3.47. The number of unbranched alkanes of at least 4 members (excludes halogenated alkanes) is 1. The second-order valence-electron chi connectivity index (χ2n) is 5.34. The minimum Gasteiger partial charge on any atom is -0.361 e. The van der Waals surface area contributed by atoms with Crippen molar-refractivity contribution in [1.29, 1.82) is 0 Å². The Bertz CT molecular complexity index is 511. The van der Waals surface area contributed by atoms with E-state index in [0.29, 0.717) is 21.2 Å². The Labute approximate surface area is 154 Å². The SMILES string of the molecule is CCCC[C@@H](CC)CNC(=S)NNC(=S)Nc1cccc(Cl)c1. The van der Waals surface area contributed by atoms with Crippen LogP contribution in [-0.2, 0) is 0 Å². The predicted octanol–water partition coefficient (Wildman–Crippen LogP) is 4.22. The number of benzene rings is 1. The molecule has 1 aromatic rings. The molecule has 0 aliphatic rings. The van der Waals surface area contributed by atoms with Crippen LogP contribution in [-0.4, -0.2) is 16.8 Å². The molecule has 0 aromatic heterocycles. The molecule has 0 aliphatic heterocycles. The van der Waals surface area contributed by atoms with Gasteiger partial charge in [0.25, 0.3) is 0 Å². The highest BCUT2D eigenvalue weighted by Gasteiger charge is 2.06. The molecule has 0 saturated heterocycles. The molecule has 1 rings (SSSR count). The molecule has 0 amide bonds. The molecule has 4 nitrogen and oxygen atoms in total. The van der Waals surface area contributed by atoms with Crippen molar-refractivity contribution in [2.75, 3.05) is 11.9 Å². The summed E-state index contributed by atoms with van der Waals surface area (Å²) in [6, 6.07) is 7.35. The minimum absolute atomic E-state index is 0.425. The third-order valence-corrected chi connectivity index (χ3v) is 4.15. The monoisotopic (exact) mass is 372 g/mol. The lowest BCUT2D eigenvalue weighted by molar-refractivity contribution is 0.444. The van der Waals surface area contributed by atoms with Gasteiger partial charge in [-0.25, -0.2) is 0 Å². The van der Waals surface area contributed by atoms with E-state index >= 15 is 0 Å². The second kappa shape index (κ2) is 11.4. The highest BCUT2D eigenvalue weighted by Crippen LogP contribution is 2.14. The van der Waals surface area contributed by atoms with Gasteiger partial charge in [-0.3, -0.25) is 10.9 Å². The van der Waals surface area contributed by atoms with Gasteiger partial charge in [-0.05, 0) is 55.0 Å². The fourth-order valence-corrected chi connectivity index (χ4v) is 2.56. The number of nitrogens with one attached hydrogen (secondary N) is 4. The number of hydrogen-bond acceptors (Lipinski definition) is 2. The Morgan fingerprint density at radius 3 is 2.57 bits per heavy atom. The maximum absolute atomic E-state index is 5.93. The zero-order chi connectivity index (χ0) is 17.1. The summed E-state index contributed by atoms with van der Waals surface area (Å²) in [4.78, 5) is 0. The summed E-state index contributed by atoms with van der Waals surface area (Å²) < 4.78 is 0. The number of hydrogen-bond donors (Lipinski definition) is 4. The van der Waals surface area contributed by atoms with Crippen molar-refractivity contribution < 1.29 is 0 Å². The lowest BCUT2D eigenvalue weighted by Gasteiger charge is -2.18. The van der Waals surface area contributed by atoms with Crippen molar-refractivity contribution >= 4 is 51.9 Å². The van der Waals surface area contributed by atoms with Gasteiger partial charge in [0.15, 0.2) is 10.2 Å². The molecular weight excluding hydrogens is 348 g/mol. The normalized spacial score (nSPS) is 11.4. The summed E-state index contributed by atoms with van der Waals surface area (Å²) in [5, 5.41) is 7.86. The van der Waals surface area contributed by atoms with Gasteiger partial charge < -0.3 is 10.6 Å². The highest BCUT2D eigenvalue weighted by atomic mass is 35.5. The number of rotatable bonds is 7. The maximum Gasteiger partial charge on any atom is 0.189 e. The topological polar surface area (TPSA) is 48.1 Å².